The second-order valence-corrected chi connectivity index (χ2v) is 3.28. The van der Waals surface area contributed by atoms with Crippen molar-refractivity contribution < 1.29 is 14.8 Å². The number of rotatable bonds is 6. The minimum Gasteiger partial charge on any atom is -0.491 e. The first-order valence-electron chi connectivity index (χ1n) is 4.83. The van der Waals surface area contributed by atoms with Crippen molar-refractivity contribution >= 4 is 5.69 Å². The van der Waals surface area contributed by atoms with Crippen molar-refractivity contribution in [2.24, 2.45) is 0 Å². The zero-order chi connectivity index (χ0) is 12.0. The van der Waals surface area contributed by atoms with Gasteiger partial charge in [0.2, 0.25) is 0 Å². The average molecular weight is 226 g/mol. The number of nitrogens with zero attached hydrogens (tertiary/aromatic N) is 1. The highest BCUT2D eigenvalue weighted by atomic mass is 16.6. The minimum absolute atomic E-state index is 0.0272. The maximum atomic E-state index is 10.5. The Morgan fingerprint density at radius 2 is 2.38 bits per heavy atom. The summed E-state index contributed by atoms with van der Waals surface area (Å²) in [7, 11) is 1.72. The molecule has 2 N–H and O–H groups in total. The number of aliphatic hydroxyl groups is 1. The lowest BCUT2D eigenvalue weighted by molar-refractivity contribution is -0.384. The number of non-ortho nitro benzene ring substituents is 1. The van der Waals surface area contributed by atoms with Gasteiger partial charge in [-0.15, -0.1) is 0 Å². The van der Waals surface area contributed by atoms with Crippen LogP contribution in [0, 0.1) is 10.1 Å². The van der Waals surface area contributed by atoms with Crippen LogP contribution in [0.4, 0.5) is 5.69 Å². The molecule has 0 aliphatic rings. The lowest BCUT2D eigenvalue weighted by Gasteiger charge is -2.11. The van der Waals surface area contributed by atoms with Crippen molar-refractivity contribution in [1.29, 1.82) is 0 Å². The normalized spacial score (nSPS) is 12.1. The van der Waals surface area contributed by atoms with Crippen LogP contribution in [-0.2, 0) is 0 Å². The highest BCUT2D eigenvalue weighted by Crippen LogP contribution is 2.18. The summed E-state index contributed by atoms with van der Waals surface area (Å²) < 4.78 is 5.22. The van der Waals surface area contributed by atoms with E-state index in [0.717, 1.165) is 0 Å². The number of benzene rings is 1. The molecular formula is C10H14N2O4. The first-order chi connectivity index (χ1) is 7.63. The van der Waals surface area contributed by atoms with Crippen LogP contribution in [0.25, 0.3) is 0 Å². The second-order valence-electron chi connectivity index (χ2n) is 3.28. The van der Waals surface area contributed by atoms with Gasteiger partial charge in [0.05, 0.1) is 11.0 Å². The number of hydrogen-bond donors (Lipinski definition) is 2. The molecule has 0 radical (unpaired) electrons. The van der Waals surface area contributed by atoms with Gasteiger partial charge in [-0.05, 0) is 13.1 Å². The molecule has 0 saturated carbocycles. The Morgan fingerprint density at radius 1 is 1.62 bits per heavy atom. The third-order valence-corrected chi connectivity index (χ3v) is 1.91. The standard InChI is InChI=1S/C10H14N2O4/c1-11-6-9(13)7-16-10-4-2-3-8(5-10)12(14)15/h2-5,9,11,13H,6-7H2,1H3. The summed E-state index contributed by atoms with van der Waals surface area (Å²) in [5.41, 5.74) is -0.0272. The Morgan fingerprint density at radius 3 is 3.00 bits per heavy atom. The van der Waals surface area contributed by atoms with Crippen molar-refractivity contribution in [1.82, 2.24) is 5.32 Å². The highest BCUT2D eigenvalue weighted by molar-refractivity contribution is 5.37. The van der Waals surface area contributed by atoms with E-state index >= 15 is 0 Å². The number of ether oxygens (including phenoxy) is 1. The second kappa shape index (κ2) is 6.04. The first-order valence-corrected chi connectivity index (χ1v) is 4.83. The molecule has 16 heavy (non-hydrogen) atoms. The Kier molecular flexibility index (Phi) is 4.68. The third kappa shape index (κ3) is 3.84. The number of hydrogen-bond acceptors (Lipinski definition) is 5. The summed E-state index contributed by atoms with van der Waals surface area (Å²) in [6, 6.07) is 5.86. The predicted octanol–water partition coefficient (Wildman–Crippen LogP) is 0.554. The predicted molar refractivity (Wildman–Crippen MR) is 58.5 cm³/mol. The van der Waals surface area contributed by atoms with Crippen molar-refractivity contribution in [3.05, 3.63) is 34.4 Å². The van der Waals surface area contributed by atoms with Gasteiger partial charge in [-0.1, -0.05) is 6.07 Å². The quantitative estimate of drug-likeness (QED) is 0.546. The molecule has 0 aliphatic heterocycles. The number of aliphatic hydroxyl groups excluding tert-OH is 1. The topological polar surface area (TPSA) is 84.6 Å². The van der Waals surface area contributed by atoms with Crippen molar-refractivity contribution in [3.8, 4) is 5.75 Å². The average Bonchev–Trinajstić information content (AvgIpc) is 2.27. The molecule has 0 bridgehead atoms. The lowest BCUT2D eigenvalue weighted by Crippen LogP contribution is -2.29. The molecule has 88 valence electrons. The van der Waals surface area contributed by atoms with Gasteiger partial charge in [-0.25, -0.2) is 0 Å². The van der Waals surface area contributed by atoms with Crippen LogP contribution in [-0.4, -0.2) is 36.3 Å². The first kappa shape index (κ1) is 12.4. The Balaban J connectivity index is 2.54. The van der Waals surface area contributed by atoms with Gasteiger partial charge in [-0.3, -0.25) is 10.1 Å². The van der Waals surface area contributed by atoms with Crippen molar-refractivity contribution in [2.45, 2.75) is 6.10 Å². The molecular weight excluding hydrogens is 212 g/mol. The highest BCUT2D eigenvalue weighted by Gasteiger charge is 2.08. The van der Waals surface area contributed by atoms with Crippen molar-refractivity contribution in [3.63, 3.8) is 0 Å². The van der Waals surface area contributed by atoms with Gasteiger partial charge in [0, 0.05) is 12.6 Å². The van der Waals surface area contributed by atoms with E-state index in [1.807, 2.05) is 0 Å². The molecule has 1 aromatic rings. The number of nitro benzene ring substituents is 1. The summed E-state index contributed by atoms with van der Waals surface area (Å²) >= 11 is 0. The SMILES string of the molecule is CNCC(O)COc1cccc([N+](=O)[O-])c1. The van der Waals surface area contributed by atoms with Crippen LogP contribution in [0.15, 0.2) is 24.3 Å². The molecule has 6 nitrogen and oxygen atoms in total. The summed E-state index contributed by atoms with van der Waals surface area (Å²) in [5.74, 6) is 0.379. The smallest absolute Gasteiger partial charge is 0.273 e. The molecule has 0 aliphatic carbocycles. The largest absolute Gasteiger partial charge is 0.491 e. The zero-order valence-electron chi connectivity index (χ0n) is 8.92. The number of likely N-dealkylation sites (N-methyl/N-ethyl adjacent to an activating group) is 1. The van der Waals surface area contributed by atoms with Gasteiger partial charge >= 0.3 is 0 Å². The molecule has 0 aromatic heterocycles. The summed E-state index contributed by atoms with van der Waals surface area (Å²) in [5, 5.41) is 22.6. The minimum atomic E-state index is -0.635. The van der Waals surface area contributed by atoms with Gasteiger partial charge in [0.15, 0.2) is 0 Å². The number of nitrogens with one attached hydrogen (secondary N) is 1. The number of nitro groups is 1. The molecule has 1 rings (SSSR count). The van der Waals surface area contributed by atoms with Crippen LogP contribution in [0.1, 0.15) is 0 Å². The molecule has 0 heterocycles. The maximum Gasteiger partial charge on any atom is 0.273 e. The van der Waals surface area contributed by atoms with Crippen LogP contribution in [0.2, 0.25) is 0 Å². The molecule has 0 fully saturated rings. The van der Waals surface area contributed by atoms with E-state index in [1.165, 1.54) is 18.2 Å². The van der Waals surface area contributed by atoms with Gasteiger partial charge < -0.3 is 15.2 Å². The van der Waals surface area contributed by atoms with E-state index in [0.29, 0.717) is 12.3 Å². The van der Waals surface area contributed by atoms with Gasteiger partial charge in [-0.2, -0.15) is 0 Å². The summed E-state index contributed by atoms with van der Waals surface area (Å²) in [4.78, 5) is 10.00. The molecule has 0 spiro atoms. The van der Waals surface area contributed by atoms with E-state index < -0.39 is 11.0 Å². The van der Waals surface area contributed by atoms with Crippen molar-refractivity contribution in [2.75, 3.05) is 20.2 Å². The van der Waals surface area contributed by atoms with E-state index in [9.17, 15) is 15.2 Å². The van der Waals surface area contributed by atoms with Crippen LogP contribution in [0.5, 0.6) is 5.75 Å². The Bertz CT molecular complexity index is 356. The van der Waals surface area contributed by atoms with E-state index in [1.54, 1.807) is 13.1 Å². The van der Waals surface area contributed by atoms with Crippen LogP contribution in [0.3, 0.4) is 0 Å². The fourth-order valence-electron chi connectivity index (χ4n) is 1.17. The Labute approximate surface area is 93.0 Å². The van der Waals surface area contributed by atoms with E-state index in [-0.39, 0.29) is 12.3 Å². The Hall–Kier alpha value is -1.66. The van der Waals surface area contributed by atoms with E-state index in [4.69, 9.17) is 4.74 Å². The maximum absolute atomic E-state index is 10.5. The van der Waals surface area contributed by atoms with Crippen LogP contribution < -0.4 is 10.1 Å². The fourth-order valence-corrected chi connectivity index (χ4v) is 1.17. The molecule has 0 amide bonds. The van der Waals surface area contributed by atoms with Gasteiger partial charge in [0.25, 0.3) is 5.69 Å². The molecule has 1 aromatic carbocycles. The fraction of sp³-hybridized carbons (Fsp3) is 0.400. The molecule has 1 unspecified atom stereocenters. The summed E-state index contributed by atoms with van der Waals surface area (Å²) in [6.07, 6.45) is -0.635. The van der Waals surface area contributed by atoms with E-state index in [2.05, 4.69) is 5.32 Å². The molecule has 1 atom stereocenters. The molecule has 0 saturated heterocycles. The third-order valence-electron chi connectivity index (χ3n) is 1.91. The zero-order valence-corrected chi connectivity index (χ0v) is 8.92. The summed E-state index contributed by atoms with van der Waals surface area (Å²) in [6.45, 7) is 0.511. The van der Waals surface area contributed by atoms with Crippen LogP contribution >= 0.6 is 0 Å². The van der Waals surface area contributed by atoms with Gasteiger partial charge in [0.1, 0.15) is 18.5 Å². The molecule has 6 heteroatoms. The monoisotopic (exact) mass is 226 g/mol. The lowest BCUT2D eigenvalue weighted by atomic mass is 10.3.